The van der Waals surface area contributed by atoms with Crippen molar-refractivity contribution >= 4 is 21.6 Å². The summed E-state index contributed by atoms with van der Waals surface area (Å²) in [4.78, 5) is -0.00751. The summed E-state index contributed by atoms with van der Waals surface area (Å²) < 4.78 is 44.2. The molecule has 0 spiro atoms. The molecule has 8 heteroatoms. The van der Waals surface area contributed by atoms with Gasteiger partial charge in [-0.3, -0.25) is 0 Å². The lowest BCUT2D eigenvalue weighted by molar-refractivity contribution is 0.171. The number of hydrogen-bond donors (Lipinski definition) is 1. The maximum atomic E-state index is 12.7. The van der Waals surface area contributed by atoms with E-state index in [-0.39, 0.29) is 10.6 Å². The third-order valence-electron chi connectivity index (χ3n) is 3.81. The fourth-order valence-electron chi connectivity index (χ4n) is 2.55. The van der Waals surface area contributed by atoms with Crippen LogP contribution in [0.5, 0.6) is 17.2 Å². The van der Waals surface area contributed by atoms with Gasteiger partial charge in [0.1, 0.15) is 23.9 Å². The summed E-state index contributed by atoms with van der Waals surface area (Å²) in [5.74, 6) is 1.49. The maximum absolute atomic E-state index is 12.7. The molecule has 0 aliphatic carbocycles. The second kappa shape index (κ2) is 7.11. The van der Waals surface area contributed by atoms with E-state index in [9.17, 15) is 8.42 Å². The van der Waals surface area contributed by atoms with E-state index >= 15 is 0 Å². The van der Waals surface area contributed by atoms with Crippen LogP contribution in [0.25, 0.3) is 0 Å². The zero-order valence-electron chi connectivity index (χ0n) is 13.8. The van der Waals surface area contributed by atoms with Crippen LogP contribution in [0.3, 0.4) is 0 Å². The molecule has 0 radical (unpaired) electrons. The van der Waals surface area contributed by atoms with Crippen LogP contribution in [-0.4, -0.2) is 28.7 Å². The number of nitrogens with one attached hydrogen (secondary N) is 1. The molecule has 1 atom stereocenters. The van der Waals surface area contributed by atoms with Gasteiger partial charge in [-0.05, 0) is 42.8 Å². The van der Waals surface area contributed by atoms with Gasteiger partial charge in [0.15, 0.2) is 11.5 Å². The van der Waals surface area contributed by atoms with Crippen molar-refractivity contribution in [2.24, 2.45) is 0 Å². The lowest BCUT2D eigenvalue weighted by Crippen LogP contribution is -2.27. The van der Waals surface area contributed by atoms with Gasteiger partial charge in [0.25, 0.3) is 0 Å². The molecular formula is C17H18ClNO5S. The number of benzene rings is 2. The molecule has 2 aromatic rings. The Morgan fingerprint density at radius 1 is 1.12 bits per heavy atom. The summed E-state index contributed by atoms with van der Waals surface area (Å²) >= 11 is 5.93. The molecule has 3 rings (SSSR count). The Morgan fingerprint density at radius 3 is 2.56 bits per heavy atom. The van der Waals surface area contributed by atoms with E-state index in [4.69, 9.17) is 25.8 Å². The van der Waals surface area contributed by atoms with Crippen molar-refractivity contribution in [1.29, 1.82) is 0 Å². The van der Waals surface area contributed by atoms with Crippen LogP contribution in [0.1, 0.15) is 18.5 Å². The molecule has 25 heavy (non-hydrogen) atoms. The van der Waals surface area contributed by atoms with Gasteiger partial charge in [-0.2, -0.15) is 0 Å². The number of hydrogen-bond acceptors (Lipinski definition) is 5. The highest BCUT2D eigenvalue weighted by Gasteiger charge is 2.24. The van der Waals surface area contributed by atoms with Gasteiger partial charge < -0.3 is 14.2 Å². The predicted molar refractivity (Wildman–Crippen MR) is 94.2 cm³/mol. The third-order valence-corrected chi connectivity index (χ3v) is 5.61. The smallest absolute Gasteiger partial charge is 0.244 e. The van der Waals surface area contributed by atoms with E-state index in [0.717, 1.165) is 5.56 Å². The van der Waals surface area contributed by atoms with Crippen molar-refractivity contribution in [1.82, 2.24) is 4.72 Å². The molecule has 1 heterocycles. The number of rotatable bonds is 5. The van der Waals surface area contributed by atoms with Gasteiger partial charge >= 0.3 is 0 Å². The number of methoxy groups -OCH3 is 1. The first-order valence-corrected chi connectivity index (χ1v) is 9.52. The standard InChI is InChI=1S/C17H18ClNO5S/c1-11(12-3-5-14-16(9-12)24-8-7-23-14)19-25(20,21)17-10-13(18)4-6-15(17)22-2/h3-6,9-11,19H,7-8H2,1-2H3. The molecular weight excluding hydrogens is 366 g/mol. The number of fused-ring (bicyclic) bond motifs is 1. The summed E-state index contributed by atoms with van der Waals surface area (Å²) in [5.41, 5.74) is 0.758. The van der Waals surface area contributed by atoms with Crippen molar-refractivity contribution in [2.75, 3.05) is 20.3 Å². The molecule has 0 fully saturated rings. The van der Waals surface area contributed by atoms with E-state index < -0.39 is 16.1 Å². The summed E-state index contributed by atoms with van der Waals surface area (Å²) in [7, 11) is -2.42. The zero-order valence-corrected chi connectivity index (χ0v) is 15.4. The van der Waals surface area contributed by atoms with Crippen molar-refractivity contribution < 1.29 is 22.6 Å². The molecule has 0 bridgehead atoms. The van der Waals surface area contributed by atoms with Crippen molar-refractivity contribution in [3.63, 3.8) is 0 Å². The molecule has 0 saturated heterocycles. The van der Waals surface area contributed by atoms with Crippen LogP contribution in [-0.2, 0) is 10.0 Å². The first kappa shape index (κ1) is 17.8. The van der Waals surface area contributed by atoms with Crippen LogP contribution in [0, 0.1) is 0 Å². The minimum atomic E-state index is -3.83. The SMILES string of the molecule is COc1ccc(Cl)cc1S(=O)(=O)NC(C)c1ccc2c(c1)OCCO2. The molecule has 1 unspecified atom stereocenters. The van der Waals surface area contributed by atoms with Gasteiger partial charge in [-0.25, -0.2) is 13.1 Å². The summed E-state index contributed by atoms with van der Waals surface area (Å²) in [5, 5.41) is 0.313. The fraction of sp³-hybridized carbons (Fsp3) is 0.294. The second-order valence-electron chi connectivity index (χ2n) is 5.54. The van der Waals surface area contributed by atoms with Crippen LogP contribution >= 0.6 is 11.6 Å². The summed E-state index contributed by atoms with van der Waals surface area (Å²) in [6, 6.07) is 9.32. The normalized spacial score (nSPS) is 14.8. The van der Waals surface area contributed by atoms with Crippen LogP contribution in [0.2, 0.25) is 5.02 Å². The van der Waals surface area contributed by atoms with E-state index in [1.165, 1.54) is 19.2 Å². The van der Waals surface area contributed by atoms with Gasteiger partial charge in [0.2, 0.25) is 10.0 Å². The Hall–Kier alpha value is -1.96. The molecule has 1 aliphatic rings. The Labute approximate surface area is 151 Å². The van der Waals surface area contributed by atoms with Crippen LogP contribution < -0.4 is 18.9 Å². The largest absolute Gasteiger partial charge is 0.495 e. The fourth-order valence-corrected chi connectivity index (χ4v) is 4.22. The Balaban J connectivity index is 1.87. The monoisotopic (exact) mass is 383 g/mol. The molecule has 134 valence electrons. The maximum Gasteiger partial charge on any atom is 0.244 e. The van der Waals surface area contributed by atoms with Gasteiger partial charge in [-0.1, -0.05) is 17.7 Å². The molecule has 0 aromatic heterocycles. The lowest BCUT2D eigenvalue weighted by atomic mass is 10.1. The highest BCUT2D eigenvalue weighted by molar-refractivity contribution is 7.89. The molecule has 1 N–H and O–H groups in total. The van der Waals surface area contributed by atoms with E-state index in [0.29, 0.717) is 29.7 Å². The highest BCUT2D eigenvalue weighted by atomic mass is 35.5. The first-order valence-electron chi connectivity index (χ1n) is 7.66. The minimum Gasteiger partial charge on any atom is -0.495 e. The molecule has 0 amide bonds. The van der Waals surface area contributed by atoms with E-state index in [1.807, 2.05) is 0 Å². The Kier molecular flexibility index (Phi) is 5.08. The van der Waals surface area contributed by atoms with E-state index in [2.05, 4.69) is 4.72 Å². The average molecular weight is 384 g/mol. The van der Waals surface area contributed by atoms with Crippen molar-refractivity contribution in [3.05, 3.63) is 47.0 Å². The Bertz CT molecular complexity index is 885. The molecule has 2 aromatic carbocycles. The third kappa shape index (κ3) is 3.84. The van der Waals surface area contributed by atoms with Crippen LogP contribution in [0.15, 0.2) is 41.3 Å². The lowest BCUT2D eigenvalue weighted by Gasteiger charge is -2.21. The quantitative estimate of drug-likeness (QED) is 0.858. The van der Waals surface area contributed by atoms with Gasteiger partial charge in [0.05, 0.1) is 7.11 Å². The summed E-state index contributed by atoms with van der Waals surface area (Å²) in [6.45, 7) is 2.72. The molecule has 6 nitrogen and oxygen atoms in total. The van der Waals surface area contributed by atoms with Crippen LogP contribution in [0.4, 0.5) is 0 Å². The topological polar surface area (TPSA) is 73.9 Å². The minimum absolute atomic E-state index is 0.00751. The average Bonchev–Trinajstić information content (AvgIpc) is 2.61. The van der Waals surface area contributed by atoms with E-state index in [1.54, 1.807) is 31.2 Å². The molecule has 0 saturated carbocycles. The summed E-state index contributed by atoms with van der Waals surface area (Å²) in [6.07, 6.45) is 0. The number of sulfonamides is 1. The van der Waals surface area contributed by atoms with Gasteiger partial charge in [0, 0.05) is 11.1 Å². The highest BCUT2D eigenvalue weighted by Crippen LogP contribution is 2.33. The van der Waals surface area contributed by atoms with Crippen molar-refractivity contribution in [3.8, 4) is 17.2 Å². The number of halogens is 1. The zero-order chi connectivity index (χ0) is 18.0. The first-order chi connectivity index (χ1) is 11.9. The molecule has 1 aliphatic heterocycles. The Morgan fingerprint density at radius 2 is 1.84 bits per heavy atom. The predicted octanol–water partition coefficient (Wildman–Crippen LogP) is 3.16. The van der Waals surface area contributed by atoms with Crippen molar-refractivity contribution in [2.45, 2.75) is 17.9 Å². The number of ether oxygens (including phenoxy) is 3. The van der Waals surface area contributed by atoms with Gasteiger partial charge in [-0.15, -0.1) is 0 Å². The second-order valence-corrected chi connectivity index (χ2v) is 7.66.